The van der Waals surface area contributed by atoms with E-state index < -0.39 is 0 Å². The molecule has 0 spiro atoms. The van der Waals surface area contributed by atoms with Crippen LogP contribution in [0.5, 0.6) is 0 Å². The summed E-state index contributed by atoms with van der Waals surface area (Å²) in [6.45, 7) is 6.92. The molecule has 2 aromatic carbocycles. The van der Waals surface area contributed by atoms with Crippen LogP contribution >= 0.6 is 0 Å². The lowest BCUT2D eigenvalue weighted by atomic mass is 10.1. The molecule has 1 atom stereocenters. The molecular formula is C19H24N2. The van der Waals surface area contributed by atoms with Gasteiger partial charge in [0.05, 0.1) is 0 Å². The fourth-order valence-corrected chi connectivity index (χ4v) is 3.14. The predicted molar refractivity (Wildman–Crippen MR) is 89.8 cm³/mol. The summed E-state index contributed by atoms with van der Waals surface area (Å²) < 4.78 is 0. The van der Waals surface area contributed by atoms with E-state index in [9.17, 15) is 0 Å². The zero-order valence-electron chi connectivity index (χ0n) is 12.8. The van der Waals surface area contributed by atoms with Crippen molar-refractivity contribution in [1.82, 2.24) is 4.90 Å². The molecule has 1 aliphatic heterocycles. The van der Waals surface area contributed by atoms with Crippen molar-refractivity contribution in [1.29, 1.82) is 0 Å². The summed E-state index contributed by atoms with van der Waals surface area (Å²) in [5.74, 6) is 0. The molecule has 110 valence electrons. The second-order valence-corrected chi connectivity index (χ2v) is 5.90. The molecule has 2 heteroatoms. The van der Waals surface area contributed by atoms with Crippen molar-refractivity contribution >= 4 is 5.69 Å². The summed E-state index contributed by atoms with van der Waals surface area (Å²) in [7, 11) is 0. The van der Waals surface area contributed by atoms with Crippen molar-refractivity contribution in [3.8, 4) is 0 Å². The van der Waals surface area contributed by atoms with Gasteiger partial charge in [0.1, 0.15) is 0 Å². The van der Waals surface area contributed by atoms with E-state index in [-0.39, 0.29) is 0 Å². The van der Waals surface area contributed by atoms with Crippen molar-refractivity contribution in [2.75, 3.05) is 31.1 Å². The van der Waals surface area contributed by atoms with Gasteiger partial charge in [-0.15, -0.1) is 0 Å². The monoisotopic (exact) mass is 280 g/mol. The molecule has 0 bridgehead atoms. The lowest BCUT2D eigenvalue weighted by molar-refractivity contribution is 0.196. The topological polar surface area (TPSA) is 6.48 Å². The van der Waals surface area contributed by atoms with E-state index >= 15 is 0 Å². The van der Waals surface area contributed by atoms with Gasteiger partial charge in [0.2, 0.25) is 0 Å². The molecule has 0 radical (unpaired) electrons. The summed E-state index contributed by atoms with van der Waals surface area (Å²) in [4.78, 5) is 5.11. The molecule has 1 fully saturated rings. The number of piperazine rings is 1. The maximum Gasteiger partial charge on any atom is 0.0367 e. The van der Waals surface area contributed by atoms with Crippen molar-refractivity contribution in [3.63, 3.8) is 0 Å². The highest BCUT2D eigenvalue weighted by atomic mass is 15.3. The van der Waals surface area contributed by atoms with Gasteiger partial charge >= 0.3 is 0 Å². The maximum absolute atomic E-state index is 2.62. The number of para-hydroxylation sites is 1. The minimum atomic E-state index is 0.616. The molecule has 1 unspecified atom stereocenters. The van der Waals surface area contributed by atoms with Gasteiger partial charge in [-0.05, 0) is 31.0 Å². The highest BCUT2D eigenvalue weighted by Crippen LogP contribution is 2.17. The molecule has 2 aromatic rings. The largest absolute Gasteiger partial charge is 0.369 e. The van der Waals surface area contributed by atoms with Gasteiger partial charge in [-0.1, -0.05) is 48.5 Å². The first-order valence-electron chi connectivity index (χ1n) is 7.91. The zero-order valence-corrected chi connectivity index (χ0v) is 12.8. The standard InChI is InChI=1S/C19H24N2/c1-17(16-18-8-4-2-5-9-18)20-12-14-21(15-13-20)19-10-6-3-7-11-19/h2-11,17H,12-16H2,1H3. The molecule has 3 rings (SSSR count). The Morgan fingerprint density at radius 1 is 0.810 bits per heavy atom. The Labute approximate surface area is 128 Å². The molecule has 1 aliphatic rings. The molecule has 0 N–H and O–H groups in total. The number of anilines is 1. The van der Waals surface area contributed by atoms with Crippen LogP contribution in [-0.4, -0.2) is 37.1 Å². The smallest absolute Gasteiger partial charge is 0.0367 e. The summed E-state index contributed by atoms with van der Waals surface area (Å²) in [5, 5.41) is 0. The third kappa shape index (κ3) is 3.64. The van der Waals surface area contributed by atoms with Crippen molar-refractivity contribution in [2.24, 2.45) is 0 Å². The van der Waals surface area contributed by atoms with E-state index in [1.165, 1.54) is 11.3 Å². The van der Waals surface area contributed by atoms with Crippen LogP contribution in [0.1, 0.15) is 12.5 Å². The number of nitrogens with zero attached hydrogens (tertiary/aromatic N) is 2. The lowest BCUT2D eigenvalue weighted by Crippen LogP contribution is -2.50. The molecule has 2 nitrogen and oxygen atoms in total. The number of rotatable bonds is 4. The molecule has 0 amide bonds. The summed E-state index contributed by atoms with van der Waals surface area (Å²) in [6.07, 6.45) is 1.15. The maximum atomic E-state index is 2.62. The molecule has 0 saturated carbocycles. The zero-order chi connectivity index (χ0) is 14.5. The number of benzene rings is 2. The Morgan fingerprint density at radius 3 is 2.00 bits per heavy atom. The average molecular weight is 280 g/mol. The van der Waals surface area contributed by atoms with Crippen LogP contribution < -0.4 is 4.90 Å². The third-order valence-electron chi connectivity index (χ3n) is 4.43. The molecule has 21 heavy (non-hydrogen) atoms. The average Bonchev–Trinajstić information content (AvgIpc) is 2.57. The number of hydrogen-bond donors (Lipinski definition) is 0. The molecule has 0 aromatic heterocycles. The SMILES string of the molecule is CC(Cc1ccccc1)N1CCN(c2ccccc2)CC1. The Balaban J connectivity index is 1.53. The first kappa shape index (κ1) is 14.2. The second-order valence-electron chi connectivity index (χ2n) is 5.90. The van der Waals surface area contributed by atoms with Crippen molar-refractivity contribution in [3.05, 3.63) is 66.2 Å². The third-order valence-corrected chi connectivity index (χ3v) is 4.43. The van der Waals surface area contributed by atoms with Gasteiger partial charge in [0, 0.05) is 37.9 Å². The molecule has 0 aliphatic carbocycles. The summed E-state index contributed by atoms with van der Waals surface area (Å²) in [5.41, 5.74) is 2.79. The Morgan fingerprint density at radius 2 is 1.38 bits per heavy atom. The Kier molecular flexibility index (Phi) is 4.56. The van der Waals surface area contributed by atoms with E-state index in [4.69, 9.17) is 0 Å². The van der Waals surface area contributed by atoms with Crippen LogP contribution in [0, 0.1) is 0 Å². The van der Waals surface area contributed by atoms with Gasteiger partial charge in [-0.25, -0.2) is 0 Å². The normalized spacial score (nSPS) is 17.7. The van der Waals surface area contributed by atoms with Gasteiger partial charge in [-0.2, -0.15) is 0 Å². The molecule has 1 saturated heterocycles. The Bertz CT molecular complexity index is 530. The highest BCUT2D eigenvalue weighted by Gasteiger charge is 2.21. The summed E-state index contributed by atoms with van der Waals surface area (Å²) >= 11 is 0. The first-order valence-corrected chi connectivity index (χ1v) is 7.91. The van der Waals surface area contributed by atoms with E-state index in [1.54, 1.807) is 0 Å². The number of hydrogen-bond acceptors (Lipinski definition) is 2. The minimum Gasteiger partial charge on any atom is -0.369 e. The van der Waals surface area contributed by atoms with E-state index in [1.807, 2.05) is 0 Å². The second kappa shape index (κ2) is 6.77. The van der Waals surface area contributed by atoms with Crippen LogP contribution in [0.4, 0.5) is 5.69 Å². The van der Waals surface area contributed by atoms with Gasteiger partial charge in [0.25, 0.3) is 0 Å². The fourth-order valence-electron chi connectivity index (χ4n) is 3.14. The summed E-state index contributed by atoms with van der Waals surface area (Å²) in [6, 6.07) is 22.2. The van der Waals surface area contributed by atoms with Crippen molar-refractivity contribution < 1.29 is 0 Å². The quantitative estimate of drug-likeness (QED) is 0.846. The first-order chi connectivity index (χ1) is 10.3. The van der Waals surface area contributed by atoms with E-state index in [0.717, 1.165) is 32.6 Å². The van der Waals surface area contributed by atoms with Crippen LogP contribution in [0.15, 0.2) is 60.7 Å². The van der Waals surface area contributed by atoms with Gasteiger partial charge < -0.3 is 4.90 Å². The van der Waals surface area contributed by atoms with Crippen LogP contribution in [0.3, 0.4) is 0 Å². The van der Waals surface area contributed by atoms with E-state index in [2.05, 4.69) is 77.4 Å². The van der Waals surface area contributed by atoms with E-state index in [0.29, 0.717) is 6.04 Å². The Hall–Kier alpha value is -1.80. The highest BCUT2D eigenvalue weighted by molar-refractivity contribution is 5.46. The molecular weight excluding hydrogens is 256 g/mol. The lowest BCUT2D eigenvalue weighted by Gasteiger charge is -2.39. The van der Waals surface area contributed by atoms with Crippen LogP contribution in [-0.2, 0) is 6.42 Å². The van der Waals surface area contributed by atoms with Gasteiger partial charge in [0.15, 0.2) is 0 Å². The van der Waals surface area contributed by atoms with Crippen LogP contribution in [0.25, 0.3) is 0 Å². The minimum absolute atomic E-state index is 0.616. The van der Waals surface area contributed by atoms with Gasteiger partial charge in [-0.3, -0.25) is 4.90 Å². The van der Waals surface area contributed by atoms with Crippen LogP contribution in [0.2, 0.25) is 0 Å². The molecule has 1 heterocycles. The fraction of sp³-hybridized carbons (Fsp3) is 0.368. The predicted octanol–water partition coefficient (Wildman–Crippen LogP) is 3.44. The van der Waals surface area contributed by atoms with Crippen molar-refractivity contribution in [2.45, 2.75) is 19.4 Å².